The lowest BCUT2D eigenvalue weighted by Crippen LogP contribution is -2.29. The Kier molecular flexibility index (Phi) is 4.94. The Labute approximate surface area is 128 Å². The van der Waals surface area contributed by atoms with Crippen molar-refractivity contribution in [3.05, 3.63) is 23.3 Å². The molecule has 0 aliphatic heterocycles. The summed E-state index contributed by atoms with van der Waals surface area (Å²) in [6.45, 7) is 6.48. The second kappa shape index (κ2) is 6.36. The highest BCUT2D eigenvalue weighted by Crippen LogP contribution is 2.30. The molecule has 2 unspecified atom stereocenters. The van der Waals surface area contributed by atoms with E-state index in [1.54, 1.807) is 0 Å². The second-order valence-electron chi connectivity index (χ2n) is 6.33. The molecule has 21 heavy (non-hydrogen) atoms. The number of hydrogen-bond donors (Lipinski definition) is 2. The minimum Gasteiger partial charge on any atom is -0.388 e. The van der Waals surface area contributed by atoms with Gasteiger partial charge in [0.05, 0.1) is 4.90 Å². The van der Waals surface area contributed by atoms with E-state index in [-0.39, 0.29) is 0 Å². The number of hydrogen-bond acceptors (Lipinski definition) is 3. The van der Waals surface area contributed by atoms with Crippen LogP contribution in [0, 0.1) is 25.7 Å². The van der Waals surface area contributed by atoms with Crippen LogP contribution in [0.2, 0.25) is 0 Å². The summed E-state index contributed by atoms with van der Waals surface area (Å²) in [5.74, 6) is 1.20. The molecule has 4 nitrogen and oxygen atoms in total. The molecule has 0 amide bonds. The molecular weight excluding hydrogens is 284 g/mol. The van der Waals surface area contributed by atoms with Crippen LogP contribution in [0.5, 0.6) is 0 Å². The normalized spacial score (nSPS) is 22.5. The van der Waals surface area contributed by atoms with Crippen molar-refractivity contribution in [1.82, 2.24) is 4.72 Å². The van der Waals surface area contributed by atoms with Gasteiger partial charge in [0.1, 0.15) is 0 Å². The van der Waals surface area contributed by atoms with Gasteiger partial charge in [-0.1, -0.05) is 13.3 Å². The number of anilines is 1. The van der Waals surface area contributed by atoms with Crippen LogP contribution in [-0.4, -0.2) is 22.0 Å². The van der Waals surface area contributed by atoms with Crippen LogP contribution in [0.25, 0.3) is 0 Å². The lowest BCUT2D eigenvalue weighted by atomic mass is 10.1. The molecule has 2 rings (SSSR count). The van der Waals surface area contributed by atoms with E-state index >= 15 is 0 Å². The van der Waals surface area contributed by atoms with E-state index in [4.69, 9.17) is 0 Å². The first kappa shape index (κ1) is 16.3. The third-order valence-electron chi connectivity index (χ3n) is 4.38. The van der Waals surface area contributed by atoms with E-state index in [0.29, 0.717) is 17.4 Å². The fourth-order valence-electron chi connectivity index (χ4n) is 3.33. The Bertz CT molecular complexity index is 588. The van der Waals surface area contributed by atoms with Gasteiger partial charge in [0.25, 0.3) is 0 Å². The van der Waals surface area contributed by atoms with Crippen LogP contribution in [-0.2, 0) is 10.0 Å². The van der Waals surface area contributed by atoms with Crippen molar-refractivity contribution in [2.45, 2.75) is 44.9 Å². The summed E-state index contributed by atoms with van der Waals surface area (Å²) in [6, 6.07) is 3.75. The lowest BCUT2D eigenvalue weighted by Gasteiger charge is -2.16. The summed E-state index contributed by atoms with van der Waals surface area (Å²) < 4.78 is 28.0. The maximum Gasteiger partial charge on any atom is 0.241 e. The molecule has 0 radical (unpaired) electrons. The van der Waals surface area contributed by atoms with Crippen LogP contribution < -0.4 is 10.0 Å². The Balaban J connectivity index is 2.16. The first-order chi connectivity index (χ1) is 9.83. The summed E-state index contributed by atoms with van der Waals surface area (Å²) in [5.41, 5.74) is 2.51. The van der Waals surface area contributed by atoms with Crippen LogP contribution in [0.4, 0.5) is 5.69 Å². The highest BCUT2D eigenvalue weighted by atomic mass is 32.2. The third-order valence-corrected chi connectivity index (χ3v) is 6.11. The molecule has 1 aromatic rings. The molecule has 118 valence electrons. The molecule has 1 aromatic carbocycles. The average Bonchev–Trinajstić information content (AvgIpc) is 2.81. The van der Waals surface area contributed by atoms with Crippen molar-refractivity contribution < 1.29 is 8.42 Å². The van der Waals surface area contributed by atoms with E-state index in [0.717, 1.165) is 35.6 Å². The van der Waals surface area contributed by atoms with Crippen LogP contribution in [0.3, 0.4) is 0 Å². The number of aryl methyl sites for hydroxylation is 2. The monoisotopic (exact) mass is 310 g/mol. The first-order valence-electron chi connectivity index (χ1n) is 7.62. The van der Waals surface area contributed by atoms with Crippen molar-refractivity contribution in [3.8, 4) is 0 Å². The molecule has 2 N–H and O–H groups in total. The van der Waals surface area contributed by atoms with Crippen molar-refractivity contribution in [3.63, 3.8) is 0 Å². The third kappa shape index (κ3) is 3.77. The zero-order valence-corrected chi connectivity index (χ0v) is 14.2. The van der Waals surface area contributed by atoms with Gasteiger partial charge in [0, 0.05) is 19.3 Å². The molecule has 0 spiro atoms. The Morgan fingerprint density at radius 1 is 1.19 bits per heavy atom. The molecular formula is C16H26N2O2S. The summed E-state index contributed by atoms with van der Waals surface area (Å²) in [5, 5.41) is 3.05. The van der Waals surface area contributed by atoms with Gasteiger partial charge < -0.3 is 5.32 Å². The van der Waals surface area contributed by atoms with Gasteiger partial charge in [0.15, 0.2) is 0 Å². The van der Waals surface area contributed by atoms with Gasteiger partial charge in [-0.2, -0.15) is 0 Å². The Hall–Kier alpha value is -1.07. The van der Waals surface area contributed by atoms with Crippen LogP contribution in [0.1, 0.15) is 37.3 Å². The summed E-state index contributed by atoms with van der Waals surface area (Å²) in [4.78, 5) is 0.424. The molecule has 0 heterocycles. The Morgan fingerprint density at radius 3 is 2.29 bits per heavy atom. The number of benzene rings is 1. The second-order valence-corrected chi connectivity index (χ2v) is 8.03. The smallest absolute Gasteiger partial charge is 0.241 e. The largest absolute Gasteiger partial charge is 0.388 e. The number of rotatable bonds is 5. The van der Waals surface area contributed by atoms with E-state index in [1.165, 1.54) is 6.42 Å². The zero-order chi connectivity index (χ0) is 15.6. The maximum atomic E-state index is 12.6. The molecule has 2 atom stereocenters. The summed E-state index contributed by atoms with van der Waals surface area (Å²) in [7, 11) is -1.59. The molecule has 1 saturated carbocycles. The molecule has 0 saturated heterocycles. The van der Waals surface area contributed by atoms with E-state index in [1.807, 2.05) is 33.0 Å². The van der Waals surface area contributed by atoms with E-state index in [2.05, 4.69) is 17.0 Å². The summed E-state index contributed by atoms with van der Waals surface area (Å²) >= 11 is 0. The predicted molar refractivity (Wildman–Crippen MR) is 87.2 cm³/mol. The molecule has 1 aliphatic carbocycles. The van der Waals surface area contributed by atoms with Gasteiger partial charge in [-0.25, -0.2) is 13.1 Å². The first-order valence-corrected chi connectivity index (χ1v) is 9.10. The van der Waals surface area contributed by atoms with Gasteiger partial charge in [-0.3, -0.25) is 0 Å². The average molecular weight is 310 g/mol. The minimum atomic E-state index is -3.43. The van der Waals surface area contributed by atoms with Crippen molar-refractivity contribution in [2.75, 3.05) is 18.9 Å². The zero-order valence-electron chi connectivity index (χ0n) is 13.4. The molecule has 0 bridgehead atoms. The Morgan fingerprint density at radius 2 is 1.81 bits per heavy atom. The molecule has 1 fully saturated rings. The van der Waals surface area contributed by atoms with Crippen molar-refractivity contribution in [1.29, 1.82) is 0 Å². The van der Waals surface area contributed by atoms with Crippen LogP contribution >= 0.6 is 0 Å². The standard InChI is InChI=1S/C16H26N2O2S/c1-11-5-6-14(7-11)10-18-21(19,20)16-12(2)8-15(17-4)9-13(16)3/h8-9,11,14,17-18H,5-7,10H2,1-4H3. The van der Waals surface area contributed by atoms with E-state index in [9.17, 15) is 8.42 Å². The quantitative estimate of drug-likeness (QED) is 0.879. The fraction of sp³-hybridized carbons (Fsp3) is 0.625. The van der Waals surface area contributed by atoms with Crippen molar-refractivity contribution in [2.24, 2.45) is 11.8 Å². The number of sulfonamides is 1. The van der Waals surface area contributed by atoms with E-state index < -0.39 is 10.0 Å². The maximum absolute atomic E-state index is 12.6. The highest BCUT2D eigenvalue weighted by molar-refractivity contribution is 7.89. The van der Waals surface area contributed by atoms with Crippen molar-refractivity contribution >= 4 is 15.7 Å². The topological polar surface area (TPSA) is 58.2 Å². The highest BCUT2D eigenvalue weighted by Gasteiger charge is 2.25. The SMILES string of the molecule is CNc1cc(C)c(S(=O)(=O)NCC2CCC(C)C2)c(C)c1. The molecule has 5 heteroatoms. The van der Waals surface area contributed by atoms with Crippen LogP contribution in [0.15, 0.2) is 17.0 Å². The summed E-state index contributed by atoms with van der Waals surface area (Å²) in [6.07, 6.45) is 3.46. The fourth-order valence-corrected chi connectivity index (χ4v) is 4.89. The van der Waals surface area contributed by atoms with Gasteiger partial charge >= 0.3 is 0 Å². The lowest BCUT2D eigenvalue weighted by molar-refractivity contribution is 0.498. The van der Waals surface area contributed by atoms with Gasteiger partial charge in [0.2, 0.25) is 10.0 Å². The minimum absolute atomic E-state index is 0.424. The molecule has 0 aromatic heterocycles. The van der Waals surface area contributed by atoms with Gasteiger partial charge in [-0.15, -0.1) is 0 Å². The number of nitrogens with one attached hydrogen (secondary N) is 2. The predicted octanol–water partition coefficient (Wildman–Crippen LogP) is 3.06. The molecule has 1 aliphatic rings. The van der Waals surface area contributed by atoms with Gasteiger partial charge in [-0.05, 0) is 61.8 Å².